The van der Waals surface area contributed by atoms with Crippen LogP contribution >= 0.6 is 11.6 Å². The van der Waals surface area contributed by atoms with E-state index in [1.807, 2.05) is 0 Å². The minimum atomic E-state index is -0.703. The van der Waals surface area contributed by atoms with Crippen LogP contribution in [0.2, 0.25) is 5.02 Å². The fourth-order valence-corrected chi connectivity index (χ4v) is 2.56. The van der Waals surface area contributed by atoms with Crippen LogP contribution in [0, 0.1) is 5.82 Å². The van der Waals surface area contributed by atoms with Crippen LogP contribution < -0.4 is 10.6 Å². The number of carbonyl (C=O) groups is 2. The van der Waals surface area contributed by atoms with Crippen LogP contribution in [0.1, 0.15) is 36.0 Å². The second-order valence-corrected chi connectivity index (χ2v) is 5.24. The fourth-order valence-electron chi connectivity index (χ4n) is 2.31. The summed E-state index contributed by atoms with van der Waals surface area (Å²) in [7, 11) is 0. The summed E-state index contributed by atoms with van der Waals surface area (Å²) in [6, 6.07) is 4.19. The number of amides is 2. The minimum absolute atomic E-state index is 0.0266. The number of hydrogen-bond donors (Lipinski definition) is 2. The third-order valence-corrected chi connectivity index (χ3v) is 3.63. The lowest BCUT2D eigenvalue weighted by molar-refractivity contribution is -0.120. The maximum absolute atomic E-state index is 13.5. The molecule has 20 heavy (non-hydrogen) atoms. The van der Waals surface area contributed by atoms with Gasteiger partial charge in [0.25, 0.3) is 5.91 Å². The van der Waals surface area contributed by atoms with Crippen molar-refractivity contribution in [1.29, 1.82) is 0 Å². The van der Waals surface area contributed by atoms with Crippen molar-refractivity contribution in [3.05, 3.63) is 34.6 Å². The molecule has 108 valence electrons. The van der Waals surface area contributed by atoms with Gasteiger partial charge in [-0.05, 0) is 25.0 Å². The zero-order valence-electron chi connectivity index (χ0n) is 10.9. The topological polar surface area (TPSA) is 58.2 Å². The number of rotatable bonds is 4. The molecule has 2 rings (SSSR count). The predicted octanol–water partition coefficient (Wildman–Crippen LogP) is 2.27. The SMILES string of the molecule is O=C(CNC(=O)c1c(F)cccc1Cl)NC1CCCC1. The van der Waals surface area contributed by atoms with E-state index in [1.54, 1.807) is 0 Å². The number of hydrogen-bond acceptors (Lipinski definition) is 2. The first-order valence-electron chi connectivity index (χ1n) is 6.59. The molecule has 6 heteroatoms. The smallest absolute Gasteiger partial charge is 0.256 e. The van der Waals surface area contributed by atoms with Gasteiger partial charge in [-0.3, -0.25) is 9.59 Å². The molecule has 0 unspecified atom stereocenters. The number of carbonyl (C=O) groups excluding carboxylic acids is 2. The Morgan fingerprint density at radius 3 is 2.65 bits per heavy atom. The lowest BCUT2D eigenvalue weighted by Crippen LogP contribution is -2.41. The molecule has 1 aliphatic carbocycles. The highest BCUT2D eigenvalue weighted by molar-refractivity contribution is 6.33. The second-order valence-electron chi connectivity index (χ2n) is 4.83. The van der Waals surface area contributed by atoms with Crippen LogP contribution in [-0.2, 0) is 4.79 Å². The van der Waals surface area contributed by atoms with E-state index >= 15 is 0 Å². The quantitative estimate of drug-likeness (QED) is 0.896. The molecule has 1 saturated carbocycles. The molecule has 2 N–H and O–H groups in total. The Balaban J connectivity index is 1.87. The first-order valence-corrected chi connectivity index (χ1v) is 6.97. The number of benzene rings is 1. The zero-order valence-corrected chi connectivity index (χ0v) is 11.7. The van der Waals surface area contributed by atoms with Crippen molar-refractivity contribution >= 4 is 23.4 Å². The van der Waals surface area contributed by atoms with Gasteiger partial charge < -0.3 is 10.6 Å². The number of halogens is 2. The van der Waals surface area contributed by atoms with Crippen molar-refractivity contribution in [3.63, 3.8) is 0 Å². The molecule has 1 aromatic carbocycles. The van der Waals surface area contributed by atoms with Gasteiger partial charge in [0, 0.05) is 6.04 Å². The highest BCUT2D eigenvalue weighted by Gasteiger charge is 2.19. The molecule has 0 bridgehead atoms. The summed E-state index contributed by atoms with van der Waals surface area (Å²) in [6.45, 7) is -0.181. The fraction of sp³-hybridized carbons (Fsp3) is 0.429. The van der Waals surface area contributed by atoms with E-state index < -0.39 is 11.7 Å². The maximum Gasteiger partial charge on any atom is 0.256 e. The van der Waals surface area contributed by atoms with Gasteiger partial charge >= 0.3 is 0 Å². The van der Waals surface area contributed by atoms with Gasteiger partial charge in [-0.1, -0.05) is 30.5 Å². The summed E-state index contributed by atoms with van der Waals surface area (Å²) in [5, 5.41) is 5.24. The van der Waals surface area contributed by atoms with Gasteiger partial charge in [0.15, 0.2) is 0 Å². The maximum atomic E-state index is 13.5. The molecule has 1 fully saturated rings. The zero-order chi connectivity index (χ0) is 14.5. The molecule has 1 aromatic rings. The van der Waals surface area contributed by atoms with Gasteiger partial charge in [-0.25, -0.2) is 4.39 Å². The predicted molar refractivity (Wildman–Crippen MR) is 74.1 cm³/mol. The lowest BCUT2D eigenvalue weighted by atomic mass is 10.2. The Hall–Kier alpha value is -1.62. The van der Waals surface area contributed by atoms with Crippen LogP contribution in [-0.4, -0.2) is 24.4 Å². The molecule has 0 spiro atoms. The Morgan fingerprint density at radius 2 is 2.00 bits per heavy atom. The van der Waals surface area contributed by atoms with Crippen molar-refractivity contribution in [3.8, 4) is 0 Å². The van der Waals surface area contributed by atoms with E-state index in [0.29, 0.717) is 0 Å². The molecule has 4 nitrogen and oxygen atoms in total. The monoisotopic (exact) mass is 298 g/mol. The van der Waals surface area contributed by atoms with Crippen LogP contribution in [0.5, 0.6) is 0 Å². The Kier molecular flexibility index (Phi) is 4.95. The van der Waals surface area contributed by atoms with Crippen molar-refractivity contribution in [2.24, 2.45) is 0 Å². The van der Waals surface area contributed by atoms with Crippen LogP contribution in [0.3, 0.4) is 0 Å². The second kappa shape index (κ2) is 6.70. The van der Waals surface area contributed by atoms with E-state index in [1.165, 1.54) is 12.1 Å². The van der Waals surface area contributed by atoms with Crippen molar-refractivity contribution in [2.45, 2.75) is 31.7 Å². The van der Waals surface area contributed by atoms with Crippen LogP contribution in [0.15, 0.2) is 18.2 Å². The van der Waals surface area contributed by atoms with E-state index in [0.717, 1.165) is 31.7 Å². The Bertz CT molecular complexity index is 496. The van der Waals surface area contributed by atoms with Gasteiger partial charge in [-0.15, -0.1) is 0 Å². The van der Waals surface area contributed by atoms with E-state index in [9.17, 15) is 14.0 Å². The molecule has 0 aromatic heterocycles. The van der Waals surface area contributed by atoms with Crippen LogP contribution in [0.4, 0.5) is 4.39 Å². The summed E-state index contributed by atoms with van der Waals surface area (Å²) in [6.07, 6.45) is 4.17. The minimum Gasteiger partial charge on any atom is -0.352 e. The summed E-state index contributed by atoms with van der Waals surface area (Å²) >= 11 is 5.78. The van der Waals surface area contributed by atoms with Gasteiger partial charge in [0.05, 0.1) is 17.1 Å². The summed E-state index contributed by atoms with van der Waals surface area (Å²) in [5.74, 6) is -1.65. The summed E-state index contributed by atoms with van der Waals surface area (Å²) in [5.41, 5.74) is -0.233. The van der Waals surface area contributed by atoms with Crippen molar-refractivity contribution in [1.82, 2.24) is 10.6 Å². The molecule has 2 amide bonds. The Morgan fingerprint density at radius 1 is 1.30 bits per heavy atom. The lowest BCUT2D eigenvalue weighted by Gasteiger charge is -2.12. The van der Waals surface area contributed by atoms with Crippen molar-refractivity contribution in [2.75, 3.05) is 6.54 Å². The molecular formula is C14H16ClFN2O2. The average Bonchev–Trinajstić information content (AvgIpc) is 2.89. The highest BCUT2D eigenvalue weighted by atomic mass is 35.5. The van der Waals surface area contributed by atoms with Crippen LogP contribution in [0.25, 0.3) is 0 Å². The third kappa shape index (κ3) is 3.70. The first kappa shape index (κ1) is 14.8. The van der Waals surface area contributed by atoms with E-state index in [-0.39, 0.29) is 29.1 Å². The molecule has 0 atom stereocenters. The summed E-state index contributed by atoms with van der Waals surface area (Å²) < 4.78 is 13.5. The number of nitrogens with one attached hydrogen (secondary N) is 2. The largest absolute Gasteiger partial charge is 0.352 e. The Labute approximate surface area is 121 Å². The first-order chi connectivity index (χ1) is 9.58. The normalized spacial score (nSPS) is 15.1. The molecule has 0 saturated heterocycles. The molecular weight excluding hydrogens is 283 g/mol. The summed E-state index contributed by atoms with van der Waals surface area (Å²) in [4.78, 5) is 23.5. The standard InChI is InChI=1S/C14H16ClFN2O2/c15-10-6-3-7-11(16)13(10)14(20)17-8-12(19)18-9-4-1-2-5-9/h3,6-7,9H,1-2,4-5,8H2,(H,17,20)(H,18,19). The van der Waals surface area contributed by atoms with E-state index in [4.69, 9.17) is 11.6 Å². The molecule has 0 radical (unpaired) electrons. The van der Waals surface area contributed by atoms with E-state index in [2.05, 4.69) is 10.6 Å². The highest BCUT2D eigenvalue weighted by Crippen LogP contribution is 2.19. The molecule has 0 aliphatic heterocycles. The van der Waals surface area contributed by atoms with Gasteiger partial charge in [0.1, 0.15) is 5.82 Å². The average molecular weight is 299 g/mol. The van der Waals surface area contributed by atoms with Crippen molar-refractivity contribution < 1.29 is 14.0 Å². The van der Waals surface area contributed by atoms with Gasteiger partial charge in [0.2, 0.25) is 5.91 Å². The third-order valence-electron chi connectivity index (χ3n) is 3.32. The molecule has 0 heterocycles. The van der Waals surface area contributed by atoms with Gasteiger partial charge in [-0.2, -0.15) is 0 Å². The molecule has 1 aliphatic rings.